The summed E-state index contributed by atoms with van der Waals surface area (Å²) in [6.45, 7) is 1.53. The van der Waals surface area contributed by atoms with E-state index in [0.29, 0.717) is 5.56 Å². The number of carbonyl (C=O) groups excluding carboxylic acids is 4. The van der Waals surface area contributed by atoms with E-state index in [1.807, 2.05) is 0 Å². The van der Waals surface area contributed by atoms with Gasteiger partial charge < -0.3 is 0 Å². The van der Waals surface area contributed by atoms with Crippen molar-refractivity contribution < 1.29 is 23.6 Å². The Bertz CT molecular complexity index is 629. The number of piperidine rings is 1. The molecule has 1 saturated heterocycles. The Morgan fingerprint density at radius 1 is 1.43 bits per heavy atom. The van der Waals surface area contributed by atoms with Gasteiger partial charge in [0.25, 0.3) is 5.91 Å². The van der Waals surface area contributed by atoms with Crippen LogP contribution >= 0.6 is 0 Å². The van der Waals surface area contributed by atoms with Crippen molar-refractivity contribution in [2.75, 3.05) is 0 Å². The predicted molar refractivity (Wildman–Crippen MR) is 69.5 cm³/mol. The predicted octanol–water partition coefficient (Wildman–Crippen LogP) is 0.538. The van der Waals surface area contributed by atoms with Crippen LogP contribution in [0.25, 0.3) is 0 Å². The number of amides is 4. The number of imide groups is 2. The van der Waals surface area contributed by atoms with E-state index in [-0.39, 0.29) is 24.8 Å². The van der Waals surface area contributed by atoms with Crippen LogP contribution in [0.1, 0.15) is 28.8 Å². The third kappa shape index (κ3) is 2.96. The molecular weight excluding hydrogens is 279 g/mol. The molecule has 1 atom stereocenters. The van der Waals surface area contributed by atoms with Gasteiger partial charge in [0.05, 0.1) is 0 Å². The number of benzene rings is 1. The lowest BCUT2D eigenvalue weighted by molar-refractivity contribution is -0.139. The van der Waals surface area contributed by atoms with Crippen molar-refractivity contribution >= 4 is 24.1 Å². The van der Waals surface area contributed by atoms with E-state index in [9.17, 15) is 23.6 Å². The van der Waals surface area contributed by atoms with E-state index in [2.05, 4.69) is 5.32 Å². The first-order valence-corrected chi connectivity index (χ1v) is 6.32. The van der Waals surface area contributed by atoms with E-state index >= 15 is 0 Å². The fourth-order valence-electron chi connectivity index (χ4n) is 2.22. The molecule has 1 fully saturated rings. The lowest BCUT2D eigenvalue weighted by Gasteiger charge is -2.28. The third-order valence-corrected chi connectivity index (χ3v) is 3.31. The van der Waals surface area contributed by atoms with E-state index in [1.54, 1.807) is 0 Å². The number of nitrogens with zero attached hydrogens (tertiary/aromatic N) is 1. The van der Waals surface area contributed by atoms with Gasteiger partial charge in [-0.05, 0) is 37.1 Å². The molecule has 110 valence electrons. The molecule has 6 nitrogen and oxygen atoms in total. The number of carbonyl (C=O) groups is 4. The minimum Gasteiger partial charge on any atom is -0.295 e. The monoisotopic (exact) mass is 292 g/mol. The standard InChI is InChI=1S/C14H13FN2O4/c1-8-6-9(15)2-3-10(8)14(21)17(7-18)11-4-5-12(19)16-13(11)20/h2-3,6-7,11H,4-5H2,1H3,(H,16,19,20). The zero-order valence-electron chi connectivity index (χ0n) is 11.3. The molecule has 1 N–H and O–H groups in total. The maximum Gasteiger partial charge on any atom is 0.261 e. The molecule has 1 heterocycles. The summed E-state index contributed by atoms with van der Waals surface area (Å²) in [4.78, 5) is 47.1. The Kier molecular flexibility index (Phi) is 4.11. The first-order chi connectivity index (χ1) is 9.93. The molecule has 0 saturated carbocycles. The summed E-state index contributed by atoms with van der Waals surface area (Å²) in [7, 11) is 0. The van der Waals surface area contributed by atoms with Crippen LogP contribution < -0.4 is 5.32 Å². The van der Waals surface area contributed by atoms with Gasteiger partial charge in [-0.15, -0.1) is 0 Å². The van der Waals surface area contributed by atoms with E-state index in [4.69, 9.17) is 0 Å². The smallest absolute Gasteiger partial charge is 0.261 e. The molecule has 0 aromatic heterocycles. The van der Waals surface area contributed by atoms with Crippen molar-refractivity contribution in [3.8, 4) is 0 Å². The average Bonchev–Trinajstić information content (AvgIpc) is 2.41. The van der Waals surface area contributed by atoms with E-state index in [0.717, 1.165) is 11.0 Å². The van der Waals surface area contributed by atoms with E-state index < -0.39 is 29.6 Å². The zero-order chi connectivity index (χ0) is 15.6. The van der Waals surface area contributed by atoms with Crippen molar-refractivity contribution in [2.45, 2.75) is 25.8 Å². The van der Waals surface area contributed by atoms with Crippen molar-refractivity contribution in [3.05, 3.63) is 35.1 Å². The fraction of sp³-hybridized carbons (Fsp3) is 0.286. The largest absolute Gasteiger partial charge is 0.295 e. The first kappa shape index (κ1) is 14.8. The average molecular weight is 292 g/mol. The second-order valence-corrected chi connectivity index (χ2v) is 4.74. The lowest BCUT2D eigenvalue weighted by Crippen LogP contribution is -2.53. The number of nitrogens with one attached hydrogen (secondary N) is 1. The molecule has 0 bridgehead atoms. The normalized spacial score (nSPS) is 18.1. The van der Waals surface area contributed by atoms with Gasteiger partial charge >= 0.3 is 0 Å². The summed E-state index contributed by atoms with van der Waals surface area (Å²) in [6, 6.07) is 2.50. The molecule has 1 unspecified atom stereocenters. The summed E-state index contributed by atoms with van der Waals surface area (Å²) in [5.74, 6) is -2.32. The molecule has 1 aliphatic heterocycles. The highest BCUT2D eigenvalue weighted by Gasteiger charge is 2.35. The molecule has 1 aromatic rings. The molecule has 1 aliphatic rings. The molecular formula is C14H13FN2O4. The van der Waals surface area contributed by atoms with Gasteiger partial charge in [-0.2, -0.15) is 0 Å². The number of hydrogen-bond acceptors (Lipinski definition) is 4. The number of rotatable bonds is 3. The first-order valence-electron chi connectivity index (χ1n) is 6.32. The highest BCUT2D eigenvalue weighted by atomic mass is 19.1. The van der Waals surface area contributed by atoms with Gasteiger partial charge in [0, 0.05) is 12.0 Å². The van der Waals surface area contributed by atoms with Crippen molar-refractivity contribution in [1.82, 2.24) is 10.2 Å². The molecule has 2 rings (SSSR count). The molecule has 0 spiro atoms. The van der Waals surface area contributed by atoms with Crippen molar-refractivity contribution in [1.29, 1.82) is 0 Å². The van der Waals surface area contributed by atoms with Crippen LogP contribution in [0.4, 0.5) is 4.39 Å². The van der Waals surface area contributed by atoms with Crippen LogP contribution in [0.15, 0.2) is 18.2 Å². The maximum absolute atomic E-state index is 13.1. The molecule has 0 radical (unpaired) electrons. The van der Waals surface area contributed by atoms with Crippen LogP contribution in [0.3, 0.4) is 0 Å². The van der Waals surface area contributed by atoms with Crippen LogP contribution in [-0.4, -0.2) is 35.1 Å². The zero-order valence-corrected chi connectivity index (χ0v) is 11.3. The fourth-order valence-corrected chi connectivity index (χ4v) is 2.22. The summed E-state index contributed by atoms with van der Waals surface area (Å²) < 4.78 is 13.1. The SMILES string of the molecule is Cc1cc(F)ccc1C(=O)N(C=O)C1CCC(=O)NC1=O. The molecule has 4 amide bonds. The minimum absolute atomic E-state index is 0.0520. The van der Waals surface area contributed by atoms with Crippen LogP contribution in [0, 0.1) is 12.7 Å². The number of halogens is 1. The Morgan fingerprint density at radius 3 is 2.71 bits per heavy atom. The Labute approximate surface area is 119 Å². The Hall–Kier alpha value is -2.57. The van der Waals surface area contributed by atoms with Crippen molar-refractivity contribution in [3.63, 3.8) is 0 Å². The van der Waals surface area contributed by atoms with E-state index in [1.165, 1.54) is 19.1 Å². The van der Waals surface area contributed by atoms with Gasteiger partial charge in [-0.1, -0.05) is 0 Å². The van der Waals surface area contributed by atoms with Gasteiger partial charge in [-0.25, -0.2) is 4.39 Å². The van der Waals surface area contributed by atoms with Crippen molar-refractivity contribution in [2.24, 2.45) is 0 Å². The maximum atomic E-state index is 13.1. The highest BCUT2D eigenvalue weighted by Crippen LogP contribution is 2.17. The summed E-state index contributed by atoms with van der Waals surface area (Å²) >= 11 is 0. The molecule has 21 heavy (non-hydrogen) atoms. The quantitative estimate of drug-likeness (QED) is 0.651. The Morgan fingerprint density at radius 2 is 2.14 bits per heavy atom. The molecule has 7 heteroatoms. The third-order valence-electron chi connectivity index (χ3n) is 3.31. The highest BCUT2D eigenvalue weighted by molar-refractivity contribution is 6.07. The second kappa shape index (κ2) is 5.82. The second-order valence-electron chi connectivity index (χ2n) is 4.74. The van der Waals surface area contributed by atoms with Crippen LogP contribution in [0.2, 0.25) is 0 Å². The molecule has 1 aromatic carbocycles. The minimum atomic E-state index is -1.03. The summed E-state index contributed by atoms with van der Waals surface area (Å²) in [6.07, 6.45) is 0.386. The van der Waals surface area contributed by atoms with Gasteiger partial charge in [0.2, 0.25) is 18.2 Å². The topological polar surface area (TPSA) is 83.6 Å². The summed E-state index contributed by atoms with van der Waals surface area (Å²) in [5, 5.41) is 2.08. The van der Waals surface area contributed by atoms with Crippen LogP contribution in [-0.2, 0) is 14.4 Å². The number of hydrogen-bond donors (Lipinski definition) is 1. The van der Waals surface area contributed by atoms with Gasteiger partial charge in [0.15, 0.2) is 0 Å². The summed E-state index contributed by atoms with van der Waals surface area (Å²) in [5.41, 5.74) is 0.493. The van der Waals surface area contributed by atoms with Crippen LogP contribution in [0.5, 0.6) is 0 Å². The molecule has 0 aliphatic carbocycles. The lowest BCUT2D eigenvalue weighted by atomic mass is 10.0. The Balaban J connectivity index is 2.28. The van der Waals surface area contributed by atoms with Gasteiger partial charge in [0.1, 0.15) is 11.9 Å². The number of aryl methyl sites for hydroxylation is 1. The van der Waals surface area contributed by atoms with Gasteiger partial charge in [-0.3, -0.25) is 29.4 Å².